The van der Waals surface area contributed by atoms with Crippen molar-refractivity contribution in [3.05, 3.63) is 63.5 Å². The molecule has 0 aliphatic heterocycles. The highest BCUT2D eigenvalue weighted by molar-refractivity contribution is 7.21. The molecule has 2 aromatic carbocycles. The van der Waals surface area contributed by atoms with Crippen LogP contribution in [0, 0.1) is 6.92 Å². The predicted octanol–water partition coefficient (Wildman–Crippen LogP) is 5.32. The van der Waals surface area contributed by atoms with Crippen molar-refractivity contribution in [2.24, 2.45) is 0 Å². The van der Waals surface area contributed by atoms with E-state index in [1.807, 2.05) is 25.1 Å². The monoisotopic (exact) mass is 343 g/mol. The highest BCUT2D eigenvalue weighted by Crippen LogP contribution is 2.37. The van der Waals surface area contributed by atoms with Crippen LogP contribution in [0.2, 0.25) is 5.02 Å². The lowest BCUT2D eigenvalue weighted by Crippen LogP contribution is -2.10. The lowest BCUT2D eigenvalue weighted by atomic mass is 10.1. The molecule has 3 rings (SSSR count). The van der Waals surface area contributed by atoms with Crippen LogP contribution in [0.1, 0.15) is 32.5 Å². The number of nitrogens with one attached hydrogen (secondary N) is 1. The molecule has 1 heterocycles. The van der Waals surface area contributed by atoms with Crippen LogP contribution in [-0.4, -0.2) is 11.7 Å². The number of carbonyl (C=O) groups is 2. The lowest BCUT2D eigenvalue weighted by molar-refractivity contribution is 0.101. The average Bonchev–Trinajstić information content (AvgIpc) is 2.86. The van der Waals surface area contributed by atoms with Gasteiger partial charge in [-0.3, -0.25) is 9.59 Å². The Morgan fingerprint density at radius 3 is 2.39 bits per heavy atom. The zero-order valence-corrected chi connectivity index (χ0v) is 14.2. The van der Waals surface area contributed by atoms with Gasteiger partial charge in [-0.05, 0) is 49.7 Å². The van der Waals surface area contributed by atoms with Gasteiger partial charge in [0.1, 0.15) is 4.88 Å². The van der Waals surface area contributed by atoms with E-state index in [0.717, 1.165) is 15.6 Å². The van der Waals surface area contributed by atoms with Gasteiger partial charge >= 0.3 is 0 Å². The van der Waals surface area contributed by atoms with Gasteiger partial charge < -0.3 is 5.32 Å². The number of Topliss-reactive ketones (excluding diaryl/α,β-unsaturated/α-hetero) is 1. The van der Waals surface area contributed by atoms with Gasteiger partial charge in [0.2, 0.25) is 0 Å². The fourth-order valence-electron chi connectivity index (χ4n) is 2.40. The Hall–Kier alpha value is -2.17. The minimum Gasteiger partial charge on any atom is -0.321 e. The molecule has 0 saturated carbocycles. The molecule has 0 bridgehead atoms. The van der Waals surface area contributed by atoms with Crippen molar-refractivity contribution < 1.29 is 9.59 Å². The first-order chi connectivity index (χ1) is 11.0. The number of fused-ring (bicyclic) bond motifs is 1. The highest BCUT2D eigenvalue weighted by atomic mass is 35.5. The molecule has 1 aromatic heterocycles. The van der Waals surface area contributed by atoms with Crippen molar-refractivity contribution in [1.82, 2.24) is 0 Å². The highest BCUT2D eigenvalue weighted by Gasteiger charge is 2.18. The summed E-state index contributed by atoms with van der Waals surface area (Å²) < 4.78 is 0.993. The largest absolute Gasteiger partial charge is 0.321 e. The molecule has 5 heteroatoms. The Kier molecular flexibility index (Phi) is 4.20. The molecule has 0 aliphatic rings. The number of hydrogen-bond donors (Lipinski definition) is 1. The van der Waals surface area contributed by atoms with Gasteiger partial charge in [0, 0.05) is 21.3 Å². The molecule has 1 N–H and O–H groups in total. The topological polar surface area (TPSA) is 46.2 Å². The van der Waals surface area contributed by atoms with Gasteiger partial charge in [0.05, 0.1) is 5.02 Å². The molecular weight excluding hydrogens is 330 g/mol. The van der Waals surface area contributed by atoms with Gasteiger partial charge in [-0.15, -0.1) is 11.3 Å². The van der Waals surface area contributed by atoms with Crippen molar-refractivity contribution in [3.8, 4) is 0 Å². The number of halogens is 1. The molecule has 1 amide bonds. The standard InChI is InChI=1S/C18H14ClNO2S/c1-10-4-3-5-14-15(10)16(19)17(23-14)18(22)20-13-8-6-12(7-9-13)11(2)21/h3-9H,1-2H3,(H,20,22). The number of carbonyl (C=O) groups excluding carboxylic acids is 2. The molecule has 0 aliphatic carbocycles. The minimum absolute atomic E-state index is 0.00842. The van der Waals surface area contributed by atoms with Crippen molar-refractivity contribution in [1.29, 1.82) is 0 Å². The molecule has 3 aromatic rings. The minimum atomic E-state index is -0.244. The first-order valence-electron chi connectivity index (χ1n) is 7.07. The number of anilines is 1. The van der Waals surface area contributed by atoms with Crippen LogP contribution in [0.5, 0.6) is 0 Å². The number of ketones is 1. The van der Waals surface area contributed by atoms with E-state index in [-0.39, 0.29) is 11.7 Å². The summed E-state index contributed by atoms with van der Waals surface area (Å²) in [5, 5.41) is 4.24. The van der Waals surface area contributed by atoms with E-state index in [0.29, 0.717) is 21.2 Å². The molecular formula is C18H14ClNO2S. The maximum atomic E-state index is 12.5. The second-order valence-corrected chi connectivity index (χ2v) is 6.71. The number of rotatable bonds is 3. The number of thiophene rings is 1. The molecule has 0 atom stereocenters. The summed E-state index contributed by atoms with van der Waals surface area (Å²) in [6.45, 7) is 3.48. The smallest absolute Gasteiger partial charge is 0.267 e. The molecule has 116 valence electrons. The second kappa shape index (κ2) is 6.14. The summed E-state index contributed by atoms with van der Waals surface area (Å²) in [6, 6.07) is 12.7. The molecule has 0 saturated heterocycles. The second-order valence-electron chi connectivity index (χ2n) is 5.28. The first-order valence-corrected chi connectivity index (χ1v) is 8.27. The van der Waals surface area contributed by atoms with Crippen molar-refractivity contribution in [2.75, 3.05) is 5.32 Å². The van der Waals surface area contributed by atoms with Crippen LogP contribution in [-0.2, 0) is 0 Å². The molecule has 3 nitrogen and oxygen atoms in total. The van der Waals surface area contributed by atoms with Gasteiger partial charge in [-0.25, -0.2) is 0 Å². The fraction of sp³-hybridized carbons (Fsp3) is 0.111. The predicted molar refractivity (Wildman–Crippen MR) is 96.0 cm³/mol. The van der Waals surface area contributed by atoms with E-state index in [1.54, 1.807) is 24.3 Å². The molecule has 0 fully saturated rings. The molecule has 0 unspecified atom stereocenters. The Balaban J connectivity index is 1.90. The van der Waals surface area contributed by atoms with Crippen LogP contribution >= 0.6 is 22.9 Å². The number of amides is 1. The normalized spacial score (nSPS) is 10.7. The summed E-state index contributed by atoms with van der Waals surface area (Å²) in [4.78, 5) is 24.2. The van der Waals surface area contributed by atoms with E-state index < -0.39 is 0 Å². The third kappa shape index (κ3) is 3.00. The van der Waals surface area contributed by atoms with Crippen molar-refractivity contribution in [2.45, 2.75) is 13.8 Å². The summed E-state index contributed by atoms with van der Waals surface area (Å²) in [6.07, 6.45) is 0. The van der Waals surface area contributed by atoms with Gasteiger partial charge in [0.25, 0.3) is 5.91 Å². The lowest BCUT2D eigenvalue weighted by Gasteiger charge is -2.05. The zero-order chi connectivity index (χ0) is 16.6. The summed E-state index contributed by atoms with van der Waals surface area (Å²) in [7, 11) is 0. The van der Waals surface area contributed by atoms with E-state index >= 15 is 0 Å². The summed E-state index contributed by atoms with van der Waals surface area (Å²) >= 11 is 7.77. The van der Waals surface area contributed by atoms with Crippen LogP contribution in [0.15, 0.2) is 42.5 Å². The maximum Gasteiger partial charge on any atom is 0.267 e. The van der Waals surface area contributed by atoms with E-state index in [4.69, 9.17) is 11.6 Å². The Bertz CT molecular complexity index is 913. The third-order valence-corrected chi connectivity index (χ3v) is 5.26. The maximum absolute atomic E-state index is 12.5. The SMILES string of the molecule is CC(=O)c1ccc(NC(=O)c2sc3cccc(C)c3c2Cl)cc1. The molecule has 0 spiro atoms. The van der Waals surface area contributed by atoms with Crippen LogP contribution < -0.4 is 5.32 Å². The Morgan fingerprint density at radius 1 is 1.09 bits per heavy atom. The van der Waals surface area contributed by atoms with Gasteiger partial charge in [-0.1, -0.05) is 23.7 Å². The van der Waals surface area contributed by atoms with E-state index in [1.165, 1.54) is 18.3 Å². The molecule has 0 radical (unpaired) electrons. The number of benzene rings is 2. The average molecular weight is 344 g/mol. The first kappa shape index (κ1) is 15.7. The molecule has 23 heavy (non-hydrogen) atoms. The van der Waals surface area contributed by atoms with Crippen LogP contribution in [0.4, 0.5) is 5.69 Å². The van der Waals surface area contributed by atoms with Gasteiger partial charge in [-0.2, -0.15) is 0 Å². The summed E-state index contributed by atoms with van der Waals surface area (Å²) in [5.41, 5.74) is 2.29. The third-order valence-electron chi connectivity index (χ3n) is 3.62. The summed E-state index contributed by atoms with van der Waals surface area (Å²) in [5.74, 6) is -0.253. The Labute approximate surface area is 142 Å². The van der Waals surface area contributed by atoms with Crippen LogP contribution in [0.25, 0.3) is 10.1 Å². The number of hydrogen-bond acceptors (Lipinski definition) is 3. The van der Waals surface area contributed by atoms with E-state index in [9.17, 15) is 9.59 Å². The van der Waals surface area contributed by atoms with Crippen molar-refractivity contribution >= 4 is 50.4 Å². The van der Waals surface area contributed by atoms with E-state index in [2.05, 4.69) is 5.32 Å². The quantitative estimate of drug-likeness (QED) is 0.654. The zero-order valence-electron chi connectivity index (χ0n) is 12.6. The van der Waals surface area contributed by atoms with Gasteiger partial charge in [0.15, 0.2) is 5.78 Å². The number of aryl methyl sites for hydroxylation is 1. The fourth-order valence-corrected chi connectivity index (χ4v) is 3.97. The van der Waals surface area contributed by atoms with Crippen molar-refractivity contribution in [3.63, 3.8) is 0 Å². The van der Waals surface area contributed by atoms with Crippen LogP contribution in [0.3, 0.4) is 0 Å². The Morgan fingerprint density at radius 2 is 1.78 bits per heavy atom.